The number of pyridine rings is 1. The van der Waals surface area contributed by atoms with Gasteiger partial charge in [-0.2, -0.15) is 0 Å². The standard InChI is InChI=1S/C17H22N4S/c1-3-4-11-21-16(14-9-8-12(2)19-14)15(20-17(21)22)13-7-5-6-10-18-13/h5-10,15-16,19H,3-4,11H2,1-2H3,(H,20,22)/t15-,16+/m0/s1. The summed E-state index contributed by atoms with van der Waals surface area (Å²) >= 11 is 5.59. The van der Waals surface area contributed by atoms with Crippen molar-refractivity contribution in [2.75, 3.05) is 6.54 Å². The van der Waals surface area contributed by atoms with E-state index in [2.05, 4.69) is 52.2 Å². The predicted molar refractivity (Wildman–Crippen MR) is 92.6 cm³/mol. The summed E-state index contributed by atoms with van der Waals surface area (Å²) in [6, 6.07) is 10.6. The Balaban J connectivity index is 1.96. The summed E-state index contributed by atoms with van der Waals surface area (Å²) in [7, 11) is 0. The number of aryl methyl sites for hydroxylation is 1. The highest BCUT2D eigenvalue weighted by Gasteiger charge is 2.39. The van der Waals surface area contributed by atoms with E-state index in [-0.39, 0.29) is 12.1 Å². The van der Waals surface area contributed by atoms with Crippen molar-refractivity contribution < 1.29 is 0 Å². The van der Waals surface area contributed by atoms with Crippen molar-refractivity contribution in [2.24, 2.45) is 0 Å². The monoisotopic (exact) mass is 314 g/mol. The van der Waals surface area contributed by atoms with E-state index in [9.17, 15) is 0 Å². The minimum atomic E-state index is 0.0867. The summed E-state index contributed by atoms with van der Waals surface area (Å²) in [6.07, 6.45) is 4.13. The molecule has 116 valence electrons. The largest absolute Gasteiger partial charge is 0.361 e. The second kappa shape index (κ2) is 6.48. The molecule has 5 heteroatoms. The van der Waals surface area contributed by atoms with Crippen LogP contribution in [0.2, 0.25) is 0 Å². The summed E-state index contributed by atoms with van der Waals surface area (Å²) in [5, 5.41) is 4.28. The lowest BCUT2D eigenvalue weighted by Gasteiger charge is -2.26. The van der Waals surface area contributed by atoms with Crippen LogP contribution in [0, 0.1) is 6.92 Å². The number of nitrogens with zero attached hydrogens (tertiary/aromatic N) is 2. The molecule has 0 spiro atoms. The average molecular weight is 314 g/mol. The fourth-order valence-corrected chi connectivity index (χ4v) is 3.34. The number of hydrogen-bond acceptors (Lipinski definition) is 2. The summed E-state index contributed by atoms with van der Waals surface area (Å²) in [4.78, 5) is 10.3. The summed E-state index contributed by atoms with van der Waals surface area (Å²) in [5.74, 6) is 0. The van der Waals surface area contributed by atoms with Crippen LogP contribution in [0.15, 0.2) is 36.5 Å². The molecule has 1 saturated heterocycles. The normalized spacial score (nSPS) is 21.2. The summed E-state index contributed by atoms with van der Waals surface area (Å²) in [6.45, 7) is 5.25. The van der Waals surface area contributed by atoms with Crippen molar-refractivity contribution >= 4 is 17.3 Å². The molecule has 2 atom stereocenters. The van der Waals surface area contributed by atoms with E-state index >= 15 is 0 Å². The van der Waals surface area contributed by atoms with Gasteiger partial charge in [0.1, 0.15) is 0 Å². The molecule has 0 unspecified atom stereocenters. The van der Waals surface area contributed by atoms with E-state index in [4.69, 9.17) is 12.2 Å². The van der Waals surface area contributed by atoms with Gasteiger partial charge in [-0.1, -0.05) is 19.4 Å². The van der Waals surface area contributed by atoms with Gasteiger partial charge in [0.25, 0.3) is 0 Å². The van der Waals surface area contributed by atoms with Crippen LogP contribution in [0.4, 0.5) is 0 Å². The first-order chi connectivity index (χ1) is 10.7. The first-order valence-electron chi connectivity index (χ1n) is 7.84. The van der Waals surface area contributed by atoms with Gasteiger partial charge in [0.15, 0.2) is 5.11 Å². The molecular weight excluding hydrogens is 292 g/mol. The summed E-state index contributed by atoms with van der Waals surface area (Å²) in [5.41, 5.74) is 3.39. The number of nitrogens with one attached hydrogen (secondary N) is 2. The molecule has 3 heterocycles. The van der Waals surface area contributed by atoms with Gasteiger partial charge in [-0.3, -0.25) is 4.98 Å². The molecule has 2 aromatic rings. The van der Waals surface area contributed by atoms with Crippen molar-refractivity contribution in [3.63, 3.8) is 0 Å². The maximum atomic E-state index is 5.59. The fourth-order valence-electron chi connectivity index (χ4n) is 3.01. The van der Waals surface area contributed by atoms with Gasteiger partial charge in [-0.05, 0) is 49.8 Å². The van der Waals surface area contributed by atoms with Gasteiger partial charge in [0.2, 0.25) is 0 Å². The molecule has 1 aliphatic heterocycles. The van der Waals surface area contributed by atoms with Crippen molar-refractivity contribution in [1.82, 2.24) is 20.2 Å². The van der Waals surface area contributed by atoms with Crippen LogP contribution in [0.5, 0.6) is 0 Å². The molecule has 3 rings (SSSR count). The Kier molecular flexibility index (Phi) is 4.43. The smallest absolute Gasteiger partial charge is 0.170 e. The third-order valence-corrected chi connectivity index (χ3v) is 4.48. The first-order valence-corrected chi connectivity index (χ1v) is 8.25. The number of H-pyrrole nitrogens is 1. The molecule has 4 nitrogen and oxygen atoms in total. The van der Waals surface area contributed by atoms with E-state index in [1.807, 2.05) is 18.3 Å². The van der Waals surface area contributed by atoms with E-state index < -0.39 is 0 Å². The number of rotatable bonds is 5. The number of thiocarbonyl (C=S) groups is 1. The van der Waals surface area contributed by atoms with Crippen molar-refractivity contribution in [3.05, 3.63) is 53.6 Å². The van der Waals surface area contributed by atoms with Crippen LogP contribution < -0.4 is 5.32 Å². The van der Waals surface area contributed by atoms with Crippen LogP contribution in [-0.2, 0) is 0 Å². The molecule has 0 aliphatic carbocycles. The quantitative estimate of drug-likeness (QED) is 0.829. The van der Waals surface area contributed by atoms with Gasteiger partial charge < -0.3 is 15.2 Å². The Morgan fingerprint density at radius 3 is 2.77 bits per heavy atom. The molecule has 0 amide bonds. The lowest BCUT2D eigenvalue weighted by molar-refractivity contribution is 0.307. The molecule has 2 N–H and O–H groups in total. The second-order valence-corrected chi connectivity index (χ2v) is 6.16. The van der Waals surface area contributed by atoms with Crippen LogP contribution >= 0.6 is 12.2 Å². The molecule has 2 aromatic heterocycles. The van der Waals surface area contributed by atoms with Crippen molar-refractivity contribution in [3.8, 4) is 0 Å². The van der Waals surface area contributed by atoms with E-state index in [1.165, 1.54) is 11.4 Å². The van der Waals surface area contributed by atoms with Gasteiger partial charge in [-0.25, -0.2) is 0 Å². The highest BCUT2D eigenvalue weighted by Crippen LogP contribution is 2.38. The van der Waals surface area contributed by atoms with Crippen molar-refractivity contribution in [1.29, 1.82) is 0 Å². The zero-order chi connectivity index (χ0) is 15.5. The highest BCUT2D eigenvalue weighted by molar-refractivity contribution is 7.80. The number of unbranched alkanes of at least 4 members (excludes halogenated alkanes) is 1. The van der Waals surface area contributed by atoms with Crippen molar-refractivity contribution in [2.45, 2.75) is 38.8 Å². The average Bonchev–Trinajstić information content (AvgIpc) is 3.09. The molecule has 1 fully saturated rings. The zero-order valence-electron chi connectivity index (χ0n) is 13.0. The molecule has 22 heavy (non-hydrogen) atoms. The molecule has 0 aromatic carbocycles. The first kappa shape index (κ1) is 15.0. The fraction of sp³-hybridized carbons (Fsp3) is 0.412. The highest BCUT2D eigenvalue weighted by atomic mass is 32.1. The molecule has 1 aliphatic rings. The molecule has 0 radical (unpaired) electrons. The van der Waals surface area contributed by atoms with E-state index in [0.717, 1.165) is 30.2 Å². The third-order valence-electron chi connectivity index (χ3n) is 4.12. The predicted octanol–water partition coefficient (Wildman–Crippen LogP) is 3.49. The Labute approximate surface area is 136 Å². The number of hydrogen-bond donors (Lipinski definition) is 2. The minimum Gasteiger partial charge on any atom is -0.361 e. The molecule has 0 saturated carbocycles. The zero-order valence-corrected chi connectivity index (χ0v) is 13.9. The van der Waals surface area contributed by atoms with Gasteiger partial charge in [0.05, 0.1) is 17.8 Å². The SMILES string of the molecule is CCCCN1C(=S)N[C@@H](c2ccccn2)[C@H]1c1ccc(C)[nH]1. The van der Waals surface area contributed by atoms with Gasteiger partial charge in [-0.15, -0.1) is 0 Å². The Morgan fingerprint density at radius 1 is 1.27 bits per heavy atom. The van der Waals surface area contributed by atoms with E-state index in [0.29, 0.717) is 0 Å². The minimum absolute atomic E-state index is 0.0867. The number of aromatic nitrogens is 2. The third kappa shape index (κ3) is 2.86. The topological polar surface area (TPSA) is 44.0 Å². The van der Waals surface area contributed by atoms with Gasteiger partial charge in [0, 0.05) is 24.1 Å². The number of aromatic amines is 1. The van der Waals surface area contributed by atoms with Crippen LogP contribution in [0.1, 0.15) is 48.9 Å². The van der Waals surface area contributed by atoms with E-state index in [1.54, 1.807) is 0 Å². The lowest BCUT2D eigenvalue weighted by atomic mass is 10.0. The second-order valence-electron chi connectivity index (χ2n) is 5.77. The Morgan fingerprint density at radius 2 is 2.14 bits per heavy atom. The Hall–Kier alpha value is -1.88. The van der Waals surface area contributed by atoms with Gasteiger partial charge >= 0.3 is 0 Å². The van der Waals surface area contributed by atoms with Crippen LogP contribution in [0.3, 0.4) is 0 Å². The maximum Gasteiger partial charge on any atom is 0.170 e. The van der Waals surface area contributed by atoms with Crippen LogP contribution in [0.25, 0.3) is 0 Å². The molecule has 0 bridgehead atoms. The maximum absolute atomic E-state index is 5.59. The summed E-state index contributed by atoms with van der Waals surface area (Å²) < 4.78 is 0. The molecular formula is C17H22N4S. The Bertz CT molecular complexity index is 637. The van der Waals surface area contributed by atoms with Crippen LogP contribution in [-0.4, -0.2) is 26.5 Å². The lowest BCUT2D eigenvalue weighted by Crippen LogP contribution is -2.30.